The van der Waals surface area contributed by atoms with Crippen molar-refractivity contribution in [2.75, 3.05) is 0 Å². The van der Waals surface area contributed by atoms with Gasteiger partial charge in [0.05, 0.1) is 0 Å². The Hall–Kier alpha value is 1.18. The van der Waals surface area contributed by atoms with E-state index in [1.165, 1.54) is 0 Å². The Kier molecular flexibility index (Phi) is 22.0. The Balaban J connectivity index is -0.000000180. The van der Waals surface area contributed by atoms with Crippen LogP contribution in [-0.4, -0.2) is 5.78 Å². The standard InChI is InChI=1S/C6H11O.CH3.K/c1-3-5-6(7)4-2;;/h5H,3-4H2,1-2H3;1H3;/q2*-1;+1. The van der Waals surface area contributed by atoms with Gasteiger partial charge in [-0.1, -0.05) is 13.8 Å². The first-order chi connectivity index (χ1) is 3.31. The number of ketones is 1. The van der Waals surface area contributed by atoms with Crippen molar-refractivity contribution in [2.24, 2.45) is 0 Å². The van der Waals surface area contributed by atoms with Gasteiger partial charge in [0.25, 0.3) is 0 Å². The van der Waals surface area contributed by atoms with Crippen LogP contribution in [0.5, 0.6) is 0 Å². The quantitative estimate of drug-likeness (QED) is 0.377. The van der Waals surface area contributed by atoms with Crippen LogP contribution < -0.4 is 51.4 Å². The second kappa shape index (κ2) is 11.9. The van der Waals surface area contributed by atoms with Crippen molar-refractivity contribution < 1.29 is 56.2 Å². The Morgan fingerprint density at radius 1 is 1.44 bits per heavy atom. The van der Waals surface area contributed by atoms with Crippen molar-refractivity contribution in [3.8, 4) is 0 Å². The Morgan fingerprint density at radius 3 is 2.00 bits per heavy atom. The molecule has 0 aromatic heterocycles. The van der Waals surface area contributed by atoms with Crippen molar-refractivity contribution in [3.05, 3.63) is 13.8 Å². The molecule has 0 N–H and O–H groups in total. The summed E-state index contributed by atoms with van der Waals surface area (Å²) < 4.78 is 0. The van der Waals surface area contributed by atoms with E-state index in [1.54, 1.807) is 6.42 Å². The molecule has 0 amide bonds. The molecule has 0 bridgehead atoms. The molecule has 0 atom stereocenters. The topological polar surface area (TPSA) is 17.1 Å². The third-order valence-electron chi connectivity index (χ3n) is 0.780. The van der Waals surface area contributed by atoms with Crippen LogP contribution >= 0.6 is 0 Å². The first-order valence-electron chi connectivity index (χ1n) is 2.67. The van der Waals surface area contributed by atoms with Gasteiger partial charge in [0.15, 0.2) is 0 Å². The number of carbonyl (C=O) groups excluding carboxylic acids is 1. The fourth-order valence-corrected chi connectivity index (χ4v) is 0.372. The predicted molar refractivity (Wildman–Crippen MR) is 36.3 cm³/mol. The van der Waals surface area contributed by atoms with E-state index in [0.29, 0.717) is 6.42 Å². The van der Waals surface area contributed by atoms with Gasteiger partial charge in [-0.2, -0.15) is 6.42 Å². The van der Waals surface area contributed by atoms with Crippen molar-refractivity contribution in [1.82, 2.24) is 0 Å². The molecule has 9 heavy (non-hydrogen) atoms. The second-order valence-electron chi connectivity index (χ2n) is 1.43. The molecule has 0 fully saturated rings. The number of rotatable bonds is 3. The van der Waals surface area contributed by atoms with Crippen molar-refractivity contribution in [2.45, 2.75) is 26.7 Å². The van der Waals surface area contributed by atoms with Gasteiger partial charge in [-0.25, -0.2) is 0 Å². The molecule has 0 aliphatic heterocycles. The molecule has 0 aliphatic carbocycles. The summed E-state index contributed by atoms with van der Waals surface area (Å²) >= 11 is 0. The van der Waals surface area contributed by atoms with E-state index in [1.807, 2.05) is 13.8 Å². The smallest absolute Gasteiger partial charge is 0.358 e. The van der Waals surface area contributed by atoms with Crippen molar-refractivity contribution in [3.63, 3.8) is 0 Å². The molecule has 2 heteroatoms. The van der Waals surface area contributed by atoms with Crippen LogP contribution in [0.3, 0.4) is 0 Å². The fourth-order valence-electron chi connectivity index (χ4n) is 0.372. The molecule has 0 saturated carbocycles. The summed E-state index contributed by atoms with van der Waals surface area (Å²) in [6.45, 7) is 3.84. The van der Waals surface area contributed by atoms with Gasteiger partial charge >= 0.3 is 51.4 Å². The van der Waals surface area contributed by atoms with E-state index in [-0.39, 0.29) is 64.6 Å². The van der Waals surface area contributed by atoms with Crippen molar-refractivity contribution in [1.29, 1.82) is 0 Å². The van der Waals surface area contributed by atoms with Crippen LogP contribution in [0.1, 0.15) is 26.7 Å². The first kappa shape index (κ1) is 16.6. The van der Waals surface area contributed by atoms with Gasteiger partial charge in [0, 0.05) is 0 Å². The minimum Gasteiger partial charge on any atom is -0.358 e. The summed E-state index contributed by atoms with van der Waals surface area (Å²) in [4.78, 5) is 10.4. The van der Waals surface area contributed by atoms with Gasteiger partial charge in [0.1, 0.15) is 0 Å². The zero-order chi connectivity index (χ0) is 5.70. The summed E-state index contributed by atoms with van der Waals surface area (Å²) in [5.41, 5.74) is 0. The van der Waals surface area contributed by atoms with E-state index in [4.69, 9.17) is 0 Å². The van der Waals surface area contributed by atoms with E-state index >= 15 is 0 Å². The maximum Gasteiger partial charge on any atom is 1.00 e. The molecular weight excluding hydrogens is 139 g/mol. The second-order valence-corrected chi connectivity index (χ2v) is 1.43. The largest absolute Gasteiger partial charge is 1.00 e. The monoisotopic (exact) mass is 153 g/mol. The van der Waals surface area contributed by atoms with Gasteiger partial charge in [0.2, 0.25) is 0 Å². The van der Waals surface area contributed by atoms with Crippen molar-refractivity contribution >= 4 is 5.78 Å². The van der Waals surface area contributed by atoms with Crippen LogP contribution in [0, 0.1) is 13.8 Å². The molecular formula is C7H14KO-. The molecule has 0 aliphatic rings. The molecule has 50 valence electrons. The normalized spacial score (nSPS) is 6.44. The van der Waals surface area contributed by atoms with Crippen LogP contribution in [0.25, 0.3) is 0 Å². The summed E-state index contributed by atoms with van der Waals surface area (Å²) in [7, 11) is 0. The summed E-state index contributed by atoms with van der Waals surface area (Å²) in [6, 6.07) is 0. The maximum absolute atomic E-state index is 10.4. The summed E-state index contributed by atoms with van der Waals surface area (Å²) in [5, 5.41) is 0. The Morgan fingerprint density at radius 2 is 1.89 bits per heavy atom. The number of carbonyl (C=O) groups is 1. The molecule has 0 aromatic carbocycles. The van der Waals surface area contributed by atoms with E-state index in [2.05, 4.69) is 0 Å². The Bertz CT molecular complexity index is 61.9. The molecule has 0 heterocycles. The average Bonchev–Trinajstić information content (AvgIpc) is 1.68. The zero-order valence-corrected chi connectivity index (χ0v) is 10.0. The van der Waals surface area contributed by atoms with Crippen LogP contribution in [0.15, 0.2) is 0 Å². The van der Waals surface area contributed by atoms with Gasteiger partial charge < -0.3 is 18.6 Å². The summed E-state index contributed by atoms with van der Waals surface area (Å²) in [6.07, 6.45) is 3.22. The number of hydrogen-bond acceptors (Lipinski definition) is 1. The van der Waals surface area contributed by atoms with E-state index in [0.717, 1.165) is 6.42 Å². The third kappa shape index (κ3) is 12.4. The van der Waals surface area contributed by atoms with Crippen LogP contribution in [0.2, 0.25) is 0 Å². The molecule has 0 saturated heterocycles. The first-order valence-corrected chi connectivity index (χ1v) is 2.67. The van der Waals surface area contributed by atoms with Crippen LogP contribution in [-0.2, 0) is 4.79 Å². The number of Topliss-reactive ketones (excluding diaryl/α,β-unsaturated/α-hetero) is 1. The fraction of sp³-hybridized carbons (Fsp3) is 0.571. The predicted octanol–water partition coefficient (Wildman–Crippen LogP) is -0.966. The van der Waals surface area contributed by atoms with Crippen LogP contribution in [0.4, 0.5) is 0 Å². The molecule has 0 rings (SSSR count). The van der Waals surface area contributed by atoms with Gasteiger partial charge in [-0.15, -0.1) is 0 Å². The van der Waals surface area contributed by atoms with E-state index < -0.39 is 0 Å². The maximum atomic E-state index is 10.4. The molecule has 1 nitrogen and oxygen atoms in total. The van der Waals surface area contributed by atoms with Gasteiger partial charge in [-0.05, 0) is 12.2 Å². The van der Waals surface area contributed by atoms with E-state index in [9.17, 15) is 4.79 Å². The summed E-state index contributed by atoms with van der Waals surface area (Å²) in [5.74, 6) is 0.252. The average molecular weight is 153 g/mol. The number of hydrogen-bond donors (Lipinski definition) is 0. The SMILES string of the molecule is CC[CH-]C(=O)CC.[CH3-].[K+]. The zero-order valence-electron chi connectivity index (χ0n) is 6.90. The third-order valence-corrected chi connectivity index (χ3v) is 0.780. The molecule has 0 unspecified atom stereocenters. The molecule has 0 aromatic rings. The Labute approximate surface area is 101 Å². The van der Waals surface area contributed by atoms with Gasteiger partial charge in [-0.3, -0.25) is 0 Å². The minimum atomic E-state index is 0. The molecule has 0 radical (unpaired) electrons. The minimum absolute atomic E-state index is 0. The molecule has 0 spiro atoms.